The van der Waals surface area contributed by atoms with Gasteiger partial charge in [-0.2, -0.15) is 0 Å². The van der Waals surface area contributed by atoms with Crippen LogP contribution in [0, 0.1) is 0 Å². The van der Waals surface area contributed by atoms with Crippen molar-refractivity contribution in [3.8, 4) is 0 Å². The Morgan fingerprint density at radius 2 is 2.22 bits per heavy atom. The highest BCUT2D eigenvalue weighted by Gasteiger charge is 1.93. The molecular weight excluding hydrogens is 116 g/mol. The summed E-state index contributed by atoms with van der Waals surface area (Å²) in [5, 5.41) is 8.37. The van der Waals surface area contributed by atoms with E-state index < -0.39 is 12.3 Å². The number of rotatable bonds is 5. The summed E-state index contributed by atoms with van der Waals surface area (Å²) in [5.74, 6) is -1.35. The molecule has 0 spiro atoms. The number of hydrogen-bond acceptors (Lipinski definition) is 1. The van der Waals surface area contributed by atoms with Gasteiger partial charge in [-0.25, -0.2) is 0 Å². The Morgan fingerprint density at radius 3 is 2.67 bits per heavy atom. The van der Waals surface area contributed by atoms with E-state index in [-0.39, 0.29) is 6.42 Å². The van der Waals surface area contributed by atoms with Crippen LogP contribution in [-0.4, -0.2) is 11.1 Å². The smallest absolute Gasteiger partial charge is 0.303 e. The van der Waals surface area contributed by atoms with Gasteiger partial charge < -0.3 is 5.11 Å². The van der Waals surface area contributed by atoms with E-state index in [9.17, 15) is 4.79 Å². The lowest BCUT2D eigenvalue weighted by Crippen LogP contribution is -1.92. The summed E-state index contributed by atoms with van der Waals surface area (Å²) in [6.07, 6.45) is 0.615. The molecule has 0 aliphatic rings. The van der Waals surface area contributed by atoms with Crippen molar-refractivity contribution in [1.82, 2.24) is 0 Å². The summed E-state index contributed by atoms with van der Waals surface area (Å²) < 4.78 is 14.1. The molecule has 0 bridgehead atoms. The zero-order valence-corrected chi connectivity index (χ0v) is 5.68. The Labute approximate surface area is 58.7 Å². The quantitative estimate of drug-likeness (QED) is 0.581. The largest absolute Gasteiger partial charge is 0.481 e. The van der Waals surface area contributed by atoms with Crippen LogP contribution in [0.1, 0.15) is 41.7 Å². The minimum absolute atomic E-state index is 0.121. The molecule has 0 fully saturated rings. The van der Waals surface area contributed by atoms with Crippen LogP contribution in [0.2, 0.25) is 0 Å². The molecule has 0 aromatic carbocycles. The first-order valence-corrected chi connectivity index (χ1v) is 3.24. The molecule has 0 saturated carbocycles. The van der Waals surface area contributed by atoms with E-state index >= 15 is 0 Å². The Bertz CT molecular complexity index is 134. The highest BCUT2D eigenvalue weighted by atomic mass is 16.4. The summed E-state index contributed by atoms with van der Waals surface area (Å²) in [6.45, 7) is 2.00. The van der Waals surface area contributed by atoms with Crippen molar-refractivity contribution >= 4 is 5.97 Å². The van der Waals surface area contributed by atoms with Gasteiger partial charge in [0.1, 0.15) is 0 Å². The highest BCUT2D eigenvalue weighted by Crippen LogP contribution is 2.01. The van der Waals surface area contributed by atoms with E-state index in [4.69, 9.17) is 7.85 Å². The standard InChI is InChI=1S/C7H14O2/c1-2-3-4-5-6-7(8)9/h2-6H2,1H3,(H,8,9)/i6D2. The lowest BCUT2D eigenvalue weighted by atomic mass is 10.2. The van der Waals surface area contributed by atoms with E-state index in [2.05, 4.69) is 0 Å². The van der Waals surface area contributed by atoms with Gasteiger partial charge in [-0.1, -0.05) is 26.2 Å². The van der Waals surface area contributed by atoms with E-state index in [1.54, 1.807) is 0 Å². The van der Waals surface area contributed by atoms with Crippen molar-refractivity contribution in [2.75, 3.05) is 0 Å². The monoisotopic (exact) mass is 132 g/mol. The van der Waals surface area contributed by atoms with E-state index in [1.807, 2.05) is 6.92 Å². The summed E-state index contributed by atoms with van der Waals surface area (Å²) in [4.78, 5) is 10.2. The minimum atomic E-state index is -2.03. The molecular formula is C7H14O2. The predicted octanol–water partition coefficient (Wildman–Crippen LogP) is 2.04. The Hall–Kier alpha value is -0.530. The Morgan fingerprint density at radius 1 is 1.56 bits per heavy atom. The van der Waals surface area contributed by atoms with Gasteiger partial charge >= 0.3 is 5.97 Å². The fraction of sp³-hybridized carbons (Fsp3) is 0.857. The maximum absolute atomic E-state index is 10.2. The fourth-order valence-electron chi connectivity index (χ4n) is 0.570. The SMILES string of the molecule is [2H]C([2H])(CCCCC)C(=O)O. The van der Waals surface area contributed by atoms with Gasteiger partial charge in [0.05, 0.1) is 0 Å². The van der Waals surface area contributed by atoms with Crippen molar-refractivity contribution in [2.45, 2.75) is 39.0 Å². The maximum Gasteiger partial charge on any atom is 0.303 e. The normalized spacial score (nSPS) is 14.3. The minimum Gasteiger partial charge on any atom is -0.481 e. The maximum atomic E-state index is 10.2. The van der Waals surface area contributed by atoms with Crippen LogP contribution >= 0.6 is 0 Å². The van der Waals surface area contributed by atoms with Crippen LogP contribution in [0.4, 0.5) is 0 Å². The molecule has 0 heterocycles. The van der Waals surface area contributed by atoms with Crippen LogP contribution in [0.15, 0.2) is 0 Å². The van der Waals surface area contributed by atoms with Gasteiger partial charge in [0, 0.05) is 9.11 Å². The molecule has 0 aliphatic carbocycles. The summed E-state index contributed by atoms with van der Waals surface area (Å²) in [5.41, 5.74) is 0. The zero-order chi connectivity index (χ0) is 8.91. The van der Waals surface area contributed by atoms with Crippen molar-refractivity contribution in [3.05, 3.63) is 0 Å². The molecule has 2 nitrogen and oxygen atoms in total. The van der Waals surface area contributed by atoms with Gasteiger partial charge in [-0.05, 0) is 6.42 Å². The Kier molecular flexibility index (Phi) is 3.28. The van der Waals surface area contributed by atoms with E-state index in [1.165, 1.54) is 0 Å². The molecule has 0 rings (SSSR count). The van der Waals surface area contributed by atoms with Gasteiger partial charge in [-0.15, -0.1) is 0 Å². The molecule has 0 aliphatic heterocycles. The first-order valence-electron chi connectivity index (χ1n) is 4.24. The van der Waals surface area contributed by atoms with Gasteiger partial charge in [0.2, 0.25) is 0 Å². The zero-order valence-electron chi connectivity index (χ0n) is 7.68. The first kappa shape index (κ1) is 5.27. The Balaban J connectivity index is 3.64. The fourth-order valence-corrected chi connectivity index (χ4v) is 0.570. The first-order chi connectivity index (χ1) is 5.00. The molecule has 0 aromatic heterocycles. The molecule has 2 heteroatoms. The predicted molar refractivity (Wildman–Crippen MR) is 36.4 cm³/mol. The van der Waals surface area contributed by atoms with Crippen LogP contribution in [0.25, 0.3) is 0 Å². The van der Waals surface area contributed by atoms with Crippen molar-refractivity contribution in [3.63, 3.8) is 0 Å². The molecule has 0 atom stereocenters. The molecule has 1 N–H and O–H groups in total. The molecule has 0 unspecified atom stereocenters. The molecule has 0 saturated heterocycles. The average Bonchev–Trinajstić information content (AvgIpc) is 1.88. The molecule has 0 aromatic rings. The topological polar surface area (TPSA) is 37.3 Å². The number of carboxylic acids is 1. The van der Waals surface area contributed by atoms with E-state index in [0.29, 0.717) is 6.42 Å². The van der Waals surface area contributed by atoms with Crippen molar-refractivity contribution in [2.24, 2.45) is 0 Å². The lowest BCUT2D eigenvalue weighted by molar-refractivity contribution is -0.137. The molecule has 0 amide bonds. The average molecular weight is 132 g/mol. The highest BCUT2D eigenvalue weighted by molar-refractivity contribution is 5.66. The lowest BCUT2D eigenvalue weighted by Gasteiger charge is -1.92. The molecule has 54 valence electrons. The second kappa shape index (κ2) is 5.60. The van der Waals surface area contributed by atoms with Crippen LogP contribution in [-0.2, 0) is 4.79 Å². The number of aliphatic carboxylic acids is 1. The number of carboxylic acid groups (broad SMARTS) is 1. The van der Waals surface area contributed by atoms with Crippen LogP contribution in [0.5, 0.6) is 0 Å². The van der Waals surface area contributed by atoms with Crippen LogP contribution in [0.3, 0.4) is 0 Å². The summed E-state index contributed by atoms with van der Waals surface area (Å²) in [7, 11) is 0. The third kappa shape index (κ3) is 7.47. The van der Waals surface area contributed by atoms with Crippen molar-refractivity contribution < 1.29 is 12.6 Å². The van der Waals surface area contributed by atoms with Crippen molar-refractivity contribution in [1.29, 1.82) is 0 Å². The second-order valence-corrected chi connectivity index (χ2v) is 1.94. The second-order valence-electron chi connectivity index (χ2n) is 1.94. The number of hydrogen-bond donors (Lipinski definition) is 1. The summed E-state index contributed by atoms with van der Waals surface area (Å²) in [6, 6.07) is 0. The van der Waals surface area contributed by atoms with Gasteiger partial charge in [0.15, 0.2) is 0 Å². The van der Waals surface area contributed by atoms with Crippen LogP contribution < -0.4 is 0 Å². The van der Waals surface area contributed by atoms with E-state index in [0.717, 1.165) is 12.8 Å². The number of carbonyl (C=O) groups is 1. The third-order valence-corrected chi connectivity index (χ3v) is 1.06. The third-order valence-electron chi connectivity index (χ3n) is 1.06. The number of unbranched alkanes of at least 4 members (excludes halogenated alkanes) is 2. The van der Waals surface area contributed by atoms with Gasteiger partial charge in [-0.3, -0.25) is 4.79 Å². The van der Waals surface area contributed by atoms with Gasteiger partial charge in [0.25, 0.3) is 0 Å². The summed E-state index contributed by atoms with van der Waals surface area (Å²) >= 11 is 0. The molecule has 9 heavy (non-hydrogen) atoms. The molecule has 0 radical (unpaired) electrons.